The highest BCUT2D eigenvalue weighted by molar-refractivity contribution is 6.05. The summed E-state index contributed by atoms with van der Waals surface area (Å²) in [6.07, 6.45) is 1.31. The van der Waals surface area contributed by atoms with E-state index in [1.807, 2.05) is 0 Å². The van der Waals surface area contributed by atoms with Gasteiger partial charge in [-0.25, -0.2) is 4.79 Å². The lowest BCUT2D eigenvalue weighted by Crippen LogP contribution is -2.42. The molecule has 2 amide bonds. The minimum Gasteiger partial charge on any atom is -0.478 e. The van der Waals surface area contributed by atoms with E-state index in [0.717, 1.165) is 0 Å². The van der Waals surface area contributed by atoms with Gasteiger partial charge in [0, 0.05) is 19.3 Å². The maximum absolute atomic E-state index is 12.0. The largest absolute Gasteiger partial charge is 0.478 e. The number of hydrazine groups is 1. The zero-order valence-corrected chi connectivity index (χ0v) is 12.1. The number of amides is 2. The van der Waals surface area contributed by atoms with Crippen molar-refractivity contribution in [3.63, 3.8) is 0 Å². The summed E-state index contributed by atoms with van der Waals surface area (Å²) < 4.78 is 1.22. The predicted molar refractivity (Wildman–Crippen MR) is 80.0 cm³/mol. The highest BCUT2D eigenvalue weighted by Crippen LogP contribution is 2.08. The molecule has 1 aromatic heterocycles. The first-order valence-electron chi connectivity index (χ1n) is 6.50. The average Bonchev–Trinajstić information content (AvgIpc) is 2.54. The Morgan fingerprint density at radius 3 is 2.17 bits per heavy atom. The molecule has 2 aromatic rings. The van der Waals surface area contributed by atoms with Gasteiger partial charge < -0.3 is 9.67 Å². The Hall–Kier alpha value is -3.42. The summed E-state index contributed by atoms with van der Waals surface area (Å²) in [6.45, 7) is 0. The Balaban J connectivity index is 2.10. The SMILES string of the molecule is Cn1cc(C(=O)NNC(=O)c2ccccc2C(=O)O)ccc1=O. The fraction of sp³-hybridized carbons (Fsp3) is 0.0667. The lowest BCUT2D eigenvalue weighted by Gasteiger charge is -2.09. The molecule has 0 saturated heterocycles. The molecule has 8 heteroatoms. The number of aromatic carboxylic acids is 1. The Labute approximate surface area is 130 Å². The van der Waals surface area contributed by atoms with Crippen molar-refractivity contribution in [2.45, 2.75) is 0 Å². The van der Waals surface area contributed by atoms with Crippen molar-refractivity contribution < 1.29 is 19.5 Å². The first kappa shape index (κ1) is 16.0. The number of carboxylic acid groups (broad SMARTS) is 1. The standard InChI is InChI=1S/C15H13N3O5/c1-18-8-9(6-7-12(18)19)13(20)16-17-14(21)10-4-2-3-5-11(10)15(22)23/h2-8H,1H3,(H,16,20)(H,17,21)(H,22,23). The summed E-state index contributed by atoms with van der Waals surface area (Å²) >= 11 is 0. The number of nitrogens with one attached hydrogen (secondary N) is 2. The normalized spacial score (nSPS) is 9.96. The van der Waals surface area contributed by atoms with Crippen molar-refractivity contribution in [1.29, 1.82) is 0 Å². The van der Waals surface area contributed by atoms with Crippen molar-refractivity contribution in [3.05, 3.63) is 69.6 Å². The van der Waals surface area contributed by atoms with E-state index in [9.17, 15) is 19.2 Å². The summed E-state index contributed by atoms with van der Waals surface area (Å²) in [5.41, 5.74) is 3.93. The van der Waals surface area contributed by atoms with Gasteiger partial charge in [0.15, 0.2) is 0 Å². The van der Waals surface area contributed by atoms with Gasteiger partial charge in [0.25, 0.3) is 11.8 Å². The molecular formula is C15H13N3O5. The highest BCUT2D eigenvalue weighted by Gasteiger charge is 2.16. The van der Waals surface area contributed by atoms with Crippen LogP contribution >= 0.6 is 0 Å². The van der Waals surface area contributed by atoms with Crippen molar-refractivity contribution >= 4 is 17.8 Å². The molecule has 0 aliphatic heterocycles. The Morgan fingerprint density at radius 1 is 0.957 bits per heavy atom. The van der Waals surface area contributed by atoms with E-state index in [0.29, 0.717) is 0 Å². The van der Waals surface area contributed by atoms with Gasteiger partial charge in [0.1, 0.15) is 0 Å². The molecule has 118 valence electrons. The number of aryl methyl sites for hydroxylation is 1. The molecule has 0 unspecified atom stereocenters. The third-order valence-corrected chi connectivity index (χ3v) is 3.04. The predicted octanol–water partition coefficient (Wildman–Crippen LogP) is 0.158. The zero-order chi connectivity index (χ0) is 17.0. The van der Waals surface area contributed by atoms with Crippen molar-refractivity contribution in [1.82, 2.24) is 15.4 Å². The molecule has 0 aliphatic carbocycles. The second-order valence-corrected chi connectivity index (χ2v) is 4.63. The van der Waals surface area contributed by atoms with Crippen LogP contribution < -0.4 is 16.4 Å². The molecule has 0 aliphatic rings. The minimum atomic E-state index is -1.25. The van der Waals surface area contributed by atoms with Gasteiger partial charge in [-0.05, 0) is 18.2 Å². The van der Waals surface area contributed by atoms with Crippen LogP contribution in [0, 0.1) is 0 Å². The number of hydrogen-bond donors (Lipinski definition) is 3. The molecule has 0 radical (unpaired) electrons. The van der Waals surface area contributed by atoms with E-state index in [1.165, 1.54) is 54.2 Å². The zero-order valence-electron chi connectivity index (χ0n) is 12.1. The number of carboxylic acids is 1. The van der Waals surface area contributed by atoms with Gasteiger partial charge in [0.05, 0.1) is 16.7 Å². The summed E-state index contributed by atoms with van der Waals surface area (Å²) in [5.74, 6) is -2.65. The minimum absolute atomic E-state index is 0.0826. The molecule has 8 nitrogen and oxygen atoms in total. The Kier molecular flexibility index (Phi) is 4.55. The smallest absolute Gasteiger partial charge is 0.336 e. The number of pyridine rings is 1. The summed E-state index contributed by atoms with van der Waals surface area (Å²) in [4.78, 5) is 46.2. The third kappa shape index (κ3) is 3.62. The van der Waals surface area contributed by atoms with Crippen LogP contribution in [-0.2, 0) is 7.05 Å². The molecule has 0 atom stereocenters. The average molecular weight is 315 g/mol. The molecule has 2 rings (SSSR count). The molecule has 0 saturated carbocycles. The summed E-state index contributed by atoms with van der Waals surface area (Å²) in [7, 11) is 1.49. The first-order chi connectivity index (χ1) is 10.9. The number of benzene rings is 1. The molecule has 0 spiro atoms. The number of carbonyl (C=O) groups excluding carboxylic acids is 2. The van der Waals surface area contributed by atoms with Crippen LogP contribution in [0.5, 0.6) is 0 Å². The van der Waals surface area contributed by atoms with Gasteiger partial charge in [-0.3, -0.25) is 25.2 Å². The second kappa shape index (κ2) is 6.56. The Morgan fingerprint density at radius 2 is 1.57 bits per heavy atom. The van der Waals surface area contributed by atoms with Crippen LogP contribution in [0.1, 0.15) is 31.1 Å². The van der Waals surface area contributed by atoms with Crippen LogP contribution in [0.2, 0.25) is 0 Å². The van der Waals surface area contributed by atoms with E-state index in [-0.39, 0.29) is 22.2 Å². The van der Waals surface area contributed by atoms with Crippen molar-refractivity contribution in [2.24, 2.45) is 7.05 Å². The van der Waals surface area contributed by atoms with E-state index >= 15 is 0 Å². The van der Waals surface area contributed by atoms with Crippen molar-refractivity contribution in [2.75, 3.05) is 0 Å². The molecule has 1 aromatic carbocycles. The summed E-state index contributed by atoms with van der Waals surface area (Å²) in [5, 5.41) is 9.03. The fourth-order valence-electron chi connectivity index (χ4n) is 1.85. The van der Waals surface area contributed by atoms with Crippen LogP contribution in [0.15, 0.2) is 47.4 Å². The Bertz CT molecular complexity index is 841. The maximum Gasteiger partial charge on any atom is 0.336 e. The monoisotopic (exact) mass is 315 g/mol. The third-order valence-electron chi connectivity index (χ3n) is 3.04. The molecule has 0 bridgehead atoms. The van der Waals surface area contributed by atoms with E-state index < -0.39 is 17.8 Å². The summed E-state index contributed by atoms with van der Waals surface area (Å²) in [6, 6.07) is 8.15. The number of aromatic nitrogens is 1. The number of carbonyl (C=O) groups is 3. The van der Waals surface area contributed by atoms with Gasteiger partial charge >= 0.3 is 5.97 Å². The quantitative estimate of drug-likeness (QED) is 0.697. The molecule has 23 heavy (non-hydrogen) atoms. The second-order valence-electron chi connectivity index (χ2n) is 4.63. The van der Waals surface area contributed by atoms with Crippen LogP contribution in [0.4, 0.5) is 0 Å². The number of rotatable bonds is 3. The fourth-order valence-corrected chi connectivity index (χ4v) is 1.85. The van der Waals surface area contributed by atoms with Crippen molar-refractivity contribution in [3.8, 4) is 0 Å². The molecular weight excluding hydrogens is 302 g/mol. The number of nitrogens with zero attached hydrogens (tertiary/aromatic N) is 1. The lowest BCUT2D eigenvalue weighted by molar-refractivity contribution is 0.0690. The van der Waals surface area contributed by atoms with Gasteiger partial charge in [-0.1, -0.05) is 12.1 Å². The van der Waals surface area contributed by atoms with E-state index in [2.05, 4.69) is 10.9 Å². The first-order valence-corrected chi connectivity index (χ1v) is 6.50. The van der Waals surface area contributed by atoms with Gasteiger partial charge in [-0.2, -0.15) is 0 Å². The molecule has 3 N–H and O–H groups in total. The van der Waals surface area contributed by atoms with Crippen LogP contribution in [0.3, 0.4) is 0 Å². The highest BCUT2D eigenvalue weighted by atomic mass is 16.4. The van der Waals surface area contributed by atoms with Crippen LogP contribution in [0.25, 0.3) is 0 Å². The van der Waals surface area contributed by atoms with E-state index in [4.69, 9.17) is 5.11 Å². The maximum atomic E-state index is 12.0. The van der Waals surface area contributed by atoms with Crippen LogP contribution in [-0.4, -0.2) is 27.5 Å². The van der Waals surface area contributed by atoms with Gasteiger partial charge in [-0.15, -0.1) is 0 Å². The lowest BCUT2D eigenvalue weighted by atomic mass is 10.1. The molecule has 1 heterocycles. The topological polar surface area (TPSA) is 118 Å². The van der Waals surface area contributed by atoms with E-state index in [1.54, 1.807) is 0 Å². The van der Waals surface area contributed by atoms with Gasteiger partial charge in [0.2, 0.25) is 5.56 Å². The molecule has 0 fully saturated rings. The number of hydrogen-bond acceptors (Lipinski definition) is 4.